The van der Waals surface area contributed by atoms with E-state index in [1.165, 1.54) is 5.56 Å². The van der Waals surface area contributed by atoms with Gasteiger partial charge in [-0.05, 0) is 5.56 Å². The second kappa shape index (κ2) is 8.10. The van der Waals surface area contributed by atoms with Crippen LogP contribution in [0.25, 0.3) is 0 Å². The van der Waals surface area contributed by atoms with Crippen molar-refractivity contribution >= 4 is 60.3 Å². The summed E-state index contributed by atoms with van der Waals surface area (Å²) in [5, 5.41) is 0. The summed E-state index contributed by atoms with van der Waals surface area (Å²) >= 11 is 13.3. The number of rotatable bonds is 1. The van der Waals surface area contributed by atoms with E-state index in [0.29, 0.717) is 6.54 Å². The summed E-state index contributed by atoms with van der Waals surface area (Å²) < 4.78 is 0. The molecule has 0 saturated carbocycles. The van der Waals surface area contributed by atoms with Crippen LogP contribution in [-0.2, 0) is 6.54 Å². The van der Waals surface area contributed by atoms with Crippen LogP contribution in [0.4, 0.5) is 0 Å². The van der Waals surface area contributed by atoms with Crippen molar-refractivity contribution in [1.82, 2.24) is 0 Å². The van der Waals surface area contributed by atoms with Gasteiger partial charge in [-0.2, -0.15) is 0 Å². The Labute approximate surface area is 107 Å². The van der Waals surface area contributed by atoms with Crippen molar-refractivity contribution in [3.8, 4) is 0 Å². The zero-order chi connectivity index (χ0) is 10.3. The minimum absolute atomic E-state index is 0.640. The van der Waals surface area contributed by atoms with Crippen LogP contribution in [0.15, 0.2) is 30.3 Å². The van der Waals surface area contributed by atoms with Crippen molar-refractivity contribution in [2.24, 2.45) is 5.73 Å². The van der Waals surface area contributed by atoms with Gasteiger partial charge in [-0.15, -0.1) is 0 Å². The van der Waals surface area contributed by atoms with Crippen LogP contribution in [0.1, 0.15) is 5.56 Å². The van der Waals surface area contributed by atoms with Crippen LogP contribution in [0, 0.1) is 0 Å². The Morgan fingerprint density at radius 2 is 1.38 bits per heavy atom. The zero-order valence-corrected chi connectivity index (χ0v) is 15.9. The van der Waals surface area contributed by atoms with E-state index in [-0.39, 0.29) is 0 Å². The van der Waals surface area contributed by atoms with E-state index in [2.05, 4.69) is 50.8 Å². The molecule has 0 heterocycles. The van der Waals surface area contributed by atoms with Gasteiger partial charge in [0, 0.05) is 6.54 Å². The van der Waals surface area contributed by atoms with Gasteiger partial charge in [0.15, 0.2) is 0 Å². The number of hydrogen-bond donors (Lipinski definition) is 1. The summed E-state index contributed by atoms with van der Waals surface area (Å²) in [6, 6.07) is 9.99. The predicted octanol–water partition coefficient (Wildman–Crippen LogP) is 4.15. The Morgan fingerprint density at radius 1 is 1.00 bits per heavy atom. The number of nitrogens with two attached hydrogens (primary N) is 1. The first-order valence-electron chi connectivity index (χ1n) is 3.43. The molecule has 2 N–H and O–H groups in total. The third kappa shape index (κ3) is 13.9. The van der Waals surface area contributed by atoms with Crippen LogP contribution in [0.2, 0.25) is 0 Å². The molecule has 1 nitrogen and oxygen atoms in total. The van der Waals surface area contributed by atoms with Crippen molar-refractivity contribution in [2.45, 2.75) is 6.54 Å². The first-order chi connectivity index (χ1) is 5.93. The molecular formula is C7H9Br4NSn. The first kappa shape index (κ1) is 14.9. The second-order valence-electron chi connectivity index (χ2n) is 2.12. The van der Waals surface area contributed by atoms with Crippen molar-refractivity contribution in [2.75, 3.05) is 0 Å². The van der Waals surface area contributed by atoms with E-state index in [0.717, 1.165) is 0 Å². The molecule has 0 aliphatic heterocycles. The van der Waals surface area contributed by atoms with Gasteiger partial charge < -0.3 is 5.73 Å². The summed E-state index contributed by atoms with van der Waals surface area (Å²) in [5.41, 5.74) is 6.54. The SMILES string of the molecule is NCc1ccccc1.[Br][Sn]([Br])([Br])[Br]. The molecule has 74 valence electrons. The molecule has 1 aromatic rings. The summed E-state index contributed by atoms with van der Waals surface area (Å²) in [6.07, 6.45) is 0. The first-order valence-corrected chi connectivity index (χ1v) is 29.0. The van der Waals surface area contributed by atoms with Gasteiger partial charge in [0.05, 0.1) is 0 Å². The molecule has 1 aromatic carbocycles. The summed E-state index contributed by atoms with van der Waals surface area (Å²) in [5.74, 6) is 0. The van der Waals surface area contributed by atoms with Gasteiger partial charge in [-0.1, -0.05) is 30.3 Å². The van der Waals surface area contributed by atoms with Gasteiger partial charge in [0.2, 0.25) is 0 Å². The third-order valence-corrected chi connectivity index (χ3v) is 1.08. The van der Waals surface area contributed by atoms with Crippen LogP contribution in [0.3, 0.4) is 0 Å². The van der Waals surface area contributed by atoms with E-state index in [1.807, 2.05) is 30.3 Å². The Kier molecular flexibility index (Phi) is 9.28. The molecule has 0 radical (unpaired) electrons. The fraction of sp³-hybridized carbons (Fsp3) is 0.143. The van der Waals surface area contributed by atoms with E-state index < -0.39 is 9.49 Å². The number of hydrogen-bond acceptors (Lipinski definition) is 1. The van der Waals surface area contributed by atoms with Crippen molar-refractivity contribution in [1.29, 1.82) is 0 Å². The van der Waals surface area contributed by atoms with Gasteiger partial charge in [-0.25, -0.2) is 0 Å². The predicted molar refractivity (Wildman–Crippen MR) is 75.8 cm³/mol. The molecule has 0 saturated heterocycles. The molecule has 0 unspecified atom stereocenters. The second-order valence-corrected chi connectivity index (χ2v) is 79.3. The normalized spacial score (nSPS) is 10.2. The minimum atomic E-state index is -1.93. The fourth-order valence-electron chi connectivity index (χ4n) is 0.614. The molecule has 1 rings (SSSR count). The van der Waals surface area contributed by atoms with Crippen LogP contribution in [-0.4, -0.2) is 9.49 Å². The van der Waals surface area contributed by atoms with Gasteiger partial charge in [0.1, 0.15) is 0 Å². The quantitative estimate of drug-likeness (QED) is 0.528. The van der Waals surface area contributed by atoms with Crippen LogP contribution in [0.5, 0.6) is 0 Å². The van der Waals surface area contributed by atoms with E-state index in [1.54, 1.807) is 0 Å². The average Bonchev–Trinajstić information content (AvgIpc) is 2.03. The molecule has 0 fully saturated rings. The standard InChI is InChI=1S/C7H9N.4BrH.Sn/c8-6-7-4-2-1-3-5-7;;;;;/h1-5H,6,8H2;4*1H;/q;;;;;+4/p-4. The van der Waals surface area contributed by atoms with E-state index >= 15 is 0 Å². The van der Waals surface area contributed by atoms with E-state index in [9.17, 15) is 0 Å². The van der Waals surface area contributed by atoms with Gasteiger partial charge in [-0.3, -0.25) is 0 Å². The molecule has 0 aliphatic rings. The third-order valence-electron chi connectivity index (χ3n) is 1.08. The Bertz CT molecular complexity index is 218. The Morgan fingerprint density at radius 3 is 1.62 bits per heavy atom. The Hall–Kier alpha value is 1.90. The Balaban J connectivity index is 0.000000252. The molecule has 0 aliphatic carbocycles. The molecular weight excluding hydrogens is 536 g/mol. The molecule has 0 atom stereocenters. The molecule has 0 bridgehead atoms. The molecule has 6 heteroatoms. The topological polar surface area (TPSA) is 26.0 Å². The maximum absolute atomic E-state index is 5.35. The van der Waals surface area contributed by atoms with Crippen LogP contribution < -0.4 is 5.73 Å². The summed E-state index contributed by atoms with van der Waals surface area (Å²) in [6.45, 7) is 0.640. The molecule has 0 aromatic heterocycles. The molecule has 0 amide bonds. The zero-order valence-electron chi connectivity index (χ0n) is 6.68. The average molecular weight is 545 g/mol. The summed E-state index contributed by atoms with van der Waals surface area (Å²) in [7, 11) is -1.93. The van der Waals surface area contributed by atoms with Crippen molar-refractivity contribution < 1.29 is 0 Å². The molecule has 0 spiro atoms. The fourth-order valence-corrected chi connectivity index (χ4v) is 0.614. The summed E-state index contributed by atoms with van der Waals surface area (Å²) in [4.78, 5) is 0. The molecule has 13 heavy (non-hydrogen) atoms. The van der Waals surface area contributed by atoms with Crippen LogP contribution >= 0.6 is 50.8 Å². The van der Waals surface area contributed by atoms with Crippen molar-refractivity contribution in [3.63, 3.8) is 0 Å². The monoisotopic (exact) mass is 543 g/mol. The maximum atomic E-state index is 5.35. The van der Waals surface area contributed by atoms with Gasteiger partial charge in [0.25, 0.3) is 0 Å². The van der Waals surface area contributed by atoms with Crippen molar-refractivity contribution in [3.05, 3.63) is 35.9 Å². The number of halogens is 4. The van der Waals surface area contributed by atoms with E-state index in [4.69, 9.17) is 5.73 Å². The van der Waals surface area contributed by atoms with Gasteiger partial charge >= 0.3 is 60.3 Å². The number of benzene rings is 1.